The Hall–Kier alpha value is -1.51. The molecule has 1 saturated heterocycles. The predicted octanol–water partition coefficient (Wildman–Crippen LogP) is -1.38. The third kappa shape index (κ3) is 3.03. The summed E-state index contributed by atoms with van der Waals surface area (Å²) in [5, 5.41) is 9.12. The molecule has 1 aliphatic heterocycles. The van der Waals surface area contributed by atoms with E-state index in [4.69, 9.17) is 21.3 Å². The zero-order valence-electron chi connectivity index (χ0n) is 10.3. The normalized spacial score (nSPS) is 25.2. The molecule has 1 fully saturated rings. The standard InChI is InChI=1S/C10H18N6O2/c1-6-5-18-7(4-17)2-16(6)3-8-13-9(11)15-10(12)14-8/h6-7,17H,2-5H2,1H3,(H4,11,12,13,14,15). The van der Waals surface area contributed by atoms with Crippen molar-refractivity contribution in [3.05, 3.63) is 5.82 Å². The number of aliphatic hydroxyl groups excluding tert-OH is 1. The molecule has 0 spiro atoms. The second-order valence-electron chi connectivity index (χ2n) is 4.38. The van der Waals surface area contributed by atoms with Gasteiger partial charge in [0.15, 0.2) is 0 Å². The Morgan fingerprint density at radius 2 is 2.00 bits per heavy atom. The molecule has 8 nitrogen and oxygen atoms in total. The molecule has 0 bridgehead atoms. The average molecular weight is 254 g/mol. The van der Waals surface area contributed by atoms with Gasteiger partial charge in [-0.1, -0.05) is 0 Å². The number of hydrogen-bond acceptors (Lipinski definition) is 8. The molecule has 100 valence electrons. The minimum atomic E-state index is -0.169. The summed E-state index contributed by atoms with van der Waals surface area (Å²) >= 11 is 0. The number of aromatic nitrogens is 3. The van der Waals surface area contributed by atoms with Gasteiger partial charge in [0, 0.05) is 12.6 Å². The van der Waals surface area contributed by atoms with Crippen LogP contribution in [0.1, 0.15) is 12.7 Å². The molecule has 0 aromatic carbocycles. The molecule has 8 heteroatoms. The Balaban J connectivity index is 2.06. The number of anilines is 2. The summed E-state index contributed by atoms with van der Waals surface area (Å²) in [7, 11) is 0. The smallest absolute Gasteiger partial charge is 0.225 e. The quantitative estimate of drug-likeness (QED) is 0.603. The highest BCUT2D eigenvalue weighted by molar-refractivity contribution is 5.25. The maximum Gasteiger partial charge on any atom is 0.225 e. The fourth-order valence-electron chi connectivity index (χ4n) is 1.91. The molecule has 0 aliphatic carbocycles. The average Bonchev–Trinajstić information content (AvgIpc) is 2.30. The molecule has 18 heavy (non-hydrogen) atoms. The fraction of sp³-hybridized carbons (Fsp3) is 0.700. The molecule has 2 unspecified atom stereocenters. The fourth-order valence-corrected chi connectivity index (χ4v) is 1.91. The lowest BCUT2D eigenvalue weighted by Gasteiger charge is -2.36. The summed E-state index contributed by atoms with van der Waals surface area (Å²) in [5.74, 6) is 0.777. The van der Waals surface area contributed by atoms with E-state index >= 15 is 0 Å². The Labute approximate surface area is 105 Å². The van der Waals surface area contributed by atoms with E-state index in [1.54, 1.807) is 0 Å². The van der Waals surface area contributed by atoms with Crippen LogP contribution in [0.3, 0.4) is 0 Å². The maximum absolute atomic E-state index is 9.12. The van der Waals surface area contributed by atoms with Crippen molar-refractivity contribution < 1.29 is 9.84 Å². The summed E-state index contributed by atoms with van der Waals surface area (Å²) < 4.78 is 5.46. The number of aliphatic hydroxyl groups is 1. The van der Waals surface area contributed by atoms with Crippen LogP contribution in [0.4, 0.5) is 11.9 Å². The van der Waals surface area contributed by atoms with E-state index in [0.29, 0.717) is 25.5 Å². The van der Waals surface area contributed by atoms with Crippen molar-refractivity contribution in [3.63, 3.8) is 0 Å². The number of rotatable bonds is 3. The SMILES string of the molecule is CC1COC(CO)CN1Cc1nc(N)nc(N)n1. The lowest BCUT2D eigenvalue weighted by Crippen LogP contribution is -2.49. The molecule has 1 aromatic rings. The zero-order chi connectivity index (χ0) is 13.1. The maximum atomic E-state index is 9.12. The van der Waals surface area contributed by atoms with Crippen LogP contribution in [-0.4, -0.2) is 56.9 Å². The lowest BCUT2D eigenvalue weighted by atomic mass is 10.2. The molecule has 0 amide bonds. The highest BCUT2D eigenvalue weighted by Crippen LogP contribution is 2.14. The summed E-state index contributed by atoms with van der Waals surface area (Å²) in [6.45, 7) is 3.76. The first-order valence-electron chi connectivity index (χ1n) is 5.81. The largest absolute Gasteiger partial charge is 0.394 e. The highest BCUT2D eigenvalue weighted by atomic mass is 16.5. The second kappa shape index (κ2) is 5.42. The highest BCUT2D eigenvalue weighted by Gasteiger charge is 2.26. The van der Waals surface area contributed by atoms with E-state index in [2.05, 4.69) is 19.9 Å². The van der Waals surface area contributed by atoms with Crippen LogP contribution in [0.25, 0.3) is 0 Å². The Morgan fingerprint density at radius 1 is 1.33 bits per heavy atom. The van der Waals surface area contributed by atoms with Gasteiger partial charge in [0.05, 0.1) is 25.9 Å². The molecule has 1 aromatic heterocycles. The van der Waals surface area contributed by atoms with E-state index < -0.39 is 0 Å². The molecule has 2 atom stereocenters. The third-order valence-corrected chi connectivity index (χ3v) is 2.90. The summed E-state index contributed by atoms with van der Waals surface area (Å²) in [6.07, 6.45) is -0.169. The van der Waals surface area contributed by atoms with Gasteiger partial charge in [-0.15, -0.1) is 0 Å². The minimum Gasteiger partial charge on any atom is -0.394 e. The lowest BCUT2D eigenvalue weighted by molar-refractivity contribution is -0.0811. The minimum absolute atomic E-state index is 0.00466. The van der Waals surface area contributed by atoms with E-state index in [0.717, 1.165) is 0 Å². The monoisotopic (exact) mass is 254 g/mol. The first kappa shape index (κ1) is 12.9. The van der Waals surface area contributed by atoms with Crippen molar-refractivity contribution in [1.29, 1.82) is 0 Å². The van der Waals surface area contributed by atoms with Crippen molar-refractivity contribution in [2.45, 2.75) is 25.6 Å². The van der Waals surface area contributed by atoms with Gasteiger partial charge < -0.3 is 21.3 Å². The van der Waals surface area contributed by atoms with E-state index in [-0.39, 0.29) is 30.6 Å². The van der Waals surface area contributed by atoms with Crippen molar-refractivity contribution in [1.82, 2.24) is 19.9 Å². The van der Waals surface area contributed by atoms with Gasteiger partial charge in [0.2, 0.25) is 11.9 Å². The van der Waals surface area contributed by atoms with Gasteiger partial charge in [0.25, 0.3) is 0 Å². The Morgan fingerprint density at radius 3 is 2.61 bits per heavy atom. The van der Waals surface area contributed by atoms with E-state index in [1.807, 2.05) is 6.92 Å². The van der Waals surface area contributed by atoms with Gasteiger partial charge in [-0.2, -0.15) is 15.0 Å². The van der Waals surface area contributed by atoms with E-state index in [9.17, 15) is 0 Å². The third-order valence-electron chi connectivity index (χ3n) is 2.90. The number of hydrogen-bond donors (Lipinski definition) is 3. The van der Waals surface area contributed by atoms with Gasteiger partial charge in [-0.3, -0.25) is 4.90 Å². The molecular weight excluding hydrogens is 236 g/mol. The first-order chi connectivity index (χ1) is 8.58. The summed E-state index contributed by atoms with van der Waals surface area (Å²) in [4.78, 5) is 13.9. The number of nitrogens with zero attached hydrogens (tertiary/aromatic N) is 4. The molecule has 0 radical (unpaired) electrons. The Kier molecular flexibility index (Phi) is 3.90. The van der Waals surface area contributed by atoms with Crippen LogP contribution in [-0.2, 0) is 11.3 Å². The number of ether oxygens (including phenoxy) is 1. The molecule has 0 saturated carbocycles. The van der Waals surface area contributed by atoms with Gasteiger partial charge in [-0.25, -0.2) is 0 Å². The molecular formula is C10H18N6O2. The van der Waals surface area contributed by atoms with E-state index in [1.165, 1.54) is 0 Å². The van der Waals surface area contributed by atoms with Gasteiger partial charge in [0.1, 0.15) is 5.82 Å². The topological polar surface area (TPSA) is 123 Å². The van der Waals surface area contributed by atoms with Gasteiger partial charge in [-0.05, 0) is 6.92 Å². The van der Waals surface area contributed by atoms with Crippen molar-refractivity contribution in [2.75, 3.05) is 31.2 Å². The summed E-state index contributed by atoms with van der Waals surface area (Å²) in [6, 6.07) is 0.229. The molecule has 1 aliphatic rings. The Bertz CT molecular complexity index is 395. The van der Waals surface area contributed by atoms with Crippen LogP contribution >= 0.6 is 0 Å². The van der Waals surface area contributed by atoms with Gasteiger partial charge >= 0.3 is 0 Å². The summed E-state index contributed by atoms with van der Waals surface area (Å²) in [5.41, 5.74) is 11.1. The van der Waals surface area contributed by atoms with Crippen molar-refractivity contribution in [2.24, 2.45) is 0 Å². The molecule has 2 rings (SSSR count). The van der Waals surface area contributed by atoms with Crippen LogP contribution in [0.2, 0.25) is 0 Å². The van der Waals surface area contributed by atoms with Crippen LogP contribution < -0.4 is 11.5 Å². The first-order valence-corrected chi connectivity index (χ1v) is 5.81. The number of nitrogens with two attached hydrogens (primary N) is 2. The molecule has 5 N–H and O–H groups in total. The van der Waals surface area contributed by atoms with Crippen molar-refractivity contribution >= 4 is 11.9 Å². The van der Waals surface area contributed by atoms with Crippen molar-refractivity contribution in [3.8, 4) is 0 Å². The van der Waals surface area contributed by atoms with Crippen LogP contribution in [0, 0.1) is 0 Å². The molecule has 2 heterocycles. The zero-order valence-corrected chi connectivity index (χ0v) is 10.3. The second-order valence-corrected chi connectivity index (χ2v) is 4.38. The van der Waals surface area contributed by atoms with Crippen LogP contribution in [0.5, 0.6) is 0 Å². The number of morpholine rings is 1. The predicted molar refractivity (Wildman–Crippen MR) is 65.3 cm³/mol. The van der Waals surface area contributed by atoms with Crippen LogP contribution in [0.15, 0.2) is 0 Å². The number of nitrogen functional groups attached to an aromatic ring is 2.